The predicted octanol–water partition coefficient (Wildman–Crippen LogP) is 3.24. The first kappa shape index (κ1) is 16.3. The maximum absolute atomic E-state index is 13.0. The van der Waals surface area contributed by atoms with Gasteiger partial charge in [0.25, 0.3) is 0 Å². The first-order chi connectivity index (χ1) is 11.7. The number of para-hydroxylation sites is 1. The summed E-state index contributed by atoms with van der Waals surface area (Å²) in [6.45, 7) is 1.41. The molecule has 0 aromatic heterocycles. The summed E-state index contributed by atoms with van der Waals surface area (Å²) in [5, 5.41) is 5.68. The highest BCUT2D eigenvalue weighted by Crippen LogP contribution is 2.47. The van der Waals surface area contributed by atoms with Crippen LogP contribution in [0.25, 0.3) is 0 Å². The quantitative estimate of drug-likeness (QED) is 0.767. The van der Waals surface area contributed by atoms with Crippen LogP contribution in [-0.2, 0) is 5.41 Å². The summed E-state index contributed by atoms with van der Waals surface area (Å²) < 4.78 is 18.5. The number of halogens is 1. The topological polar surface area (TPSA) is 50.4 Å². The van der Waals surface area contributed by atoms with Crippen molar-refractivity contribution in [1.82, 2.24) is 10.6 Å². The van der Waals surface area contributed by atoms with Gasteiger partial charge in [-0.1, -0.05) is 30.3 Å². The molecule has 0 saturated heterocycles. The number of nitrogens with one attached hydrogen (secondary N) is 2. The third-order valence-electron chi connectivity index (χ3n) is 4.30. The molecule has 126 valence electrons. The van der Waals surface area contributed by atoms with E-state index in [4.69, 9.17) is 4.74 Å². The average Bonchev–Trinajstić information content (AvgIpc) is 3.40. The van der Waals surface area contributed by atoms with Crippen molar-refractivity contribution >= 4 is 6.03 Å². The van der Waals surface area contributed by atoms with Crippen LogP contribution in [0.2, 0.25) is 0 Å². The van der Waals surface area contributed by atoms with Gasteiger partial charge in [-0.15, -0.1) is 0 Å². The Balaban J connectivity index is 1.37. The minimum Gasteiger partial charge on any atom is -0.492 e. The molecule has 2 aromatic rings. The van der Waals surface area contributed by atoms with Crippen LogP contribution in [-0.4, -0.2) is 25.7 Å². The summed E-state index contributed by atoms with van der Waals surface area (Å²) in [5.74, 6) is 0.548. The second kappa shape index (κ2) is 7.34. The van der Waals surface area contributed by atoms with E-state index in [1.807, 2.05) is 30.3 Å². The highest BCUT2D eigenvalue weighted by atomic mass is 19.1. The van der Waals surface area contributed by atoms with Crippen molar-refractivity contribution in [2.75, 3.05) is 19.7 Å². The summed E-state index contributed by atoms with van der Waals surface area (Å²) >= 11 is 0. The monoisotopic (exact) mass is 328 g/mol. The van der Waals surface area contributed by atoms with Crippen molar-refractivity contribution in [1.29, 1.82) is 0 Å². The van der Waals surface area contributed by atoms with E-state index in [0.29, 0.717) is 19.7 Å². The fourth-order valence-corrected chi connectivity index (χ4v) is 2.68. The van der Waals surface area contributed by atoms with Crippen molar-refractivity contribution in [3.05, 3.63) is 66.0 Å². The Morgan fingerprint density at radius 2 is 1.75 bits per heavy atom. The van der Waals surface area contributed by atoms with E-state index in [1.165, 1.54) is 12.1 Å². The highest BCUT2D eigenvalue weighted by molar-refractivity contribution is 5.74. The molecule has 0 aliphatic heterocycles. The van der Waals surface area contributed by atoms with E-state index in [1.54, 1.807) is 12.1 Å². The maximum Gasteiger partial charge on any atom is 0.314 e. The van der Waals surface area contributed by atoms with Crippen molar-refractivity contribution < 1.29 is 13.9 Å². The van der Waals surface area contributed by atoms with E-state index in [2.05, 4.69) is 10.6 Å². The van der Waals surface area contributed by atoms with Crippen LogP contribution in [0.4, 0.5) is 9.18 Å². The number of carbonyl (C=O) groups is 1. The number of urea groups is 1. The minimum atomic E-state index is -0.237. The molecule has 0 spiro atoms. The molecule has 1 aliphatic rings. The van der Waals surface area contributed by atoms with Gasteiger partial charge in [-0.3, -0.25) is 0 Å². The molecule has 1 fully saturated rings. The van der Waals surface area contributed by atoms with Gasteiger partial charge in [0.15, 0.2) is 0 Å². The summed E-state index contributed by atoms with van der Waals surface area (Å²) in [7, 11) is 0. The Bertz CT molecular complexity index is 670. The van der Waals surface area contributed by atoms with E-state index in [-0.39, 0.29) is 17.3 Å². The fraction of sp³-hybridized carbons (Fsp3) is 0.316. The molecular formula is C19H21FN2O2. The lowest BCUT2D eigenvalue weighted by atomic mass is 9.96. The summed E-state index contributed by atoms with van der Waals surface area (Å²) in [4.78, 5) is 11.9. The molecule has 0 atom stereocenters. The van der Waals surface area contributed by atoms with Crippen molar-refractivity contribution in [2.45, 2.75) is 18.3 Å². The van der Waals surface area contributed by atoms with E-state index in [9.17, 15) is 9.18 Å². The number of ether oxygens (including phenoxy) is 1. The van der Waals surface area contributed by atoms with Crippen LogP contribution in [0.15, 0.2) is 54.6 Å². The number of hydrogen-bond donors (Lipinski definition) is 2. The van der Waals surface area contributed by atoms with E-state index < -0.39 is 0 Å². The first-order valence-electron chi connectivity index (χ1n) is 8.14. The van der Waals surface area contributed by atoms with Gasteiger partial charge in [0.1, 0.15) is 18.2 Å². The lowest BCUT2D eigenvalue weighted by molar-refractivity contribution is 0.235. The molecule has 0 radical (unpaired) electrons. The largest absolute Gasteiger partial charge is 0.492 e. The normalized spacial score (nSPS) is 14.7. The first-order valence-corrected chi connectivity index (χ1v) is 8.14. The van der Waals surface area contributed by atoms with E-state index >= 15 is 0 Å². The molecule has 0 heterocycles. The van der Waals surface area contributed by atoms with Crippen LogP contribution < -0.4 is 15.4 Å². The van der Waals surface area contributed by atoms with Gasteiger partial charge in [0, 0.05) is 12.0 Å². The van der Waals surface area contributed by atoms with Gasteiger partial charge in [-0.2, -0.15) is 0 Å². The highest BCUT2D eigenvalue weighted by Gasteiger charge is 2.44. The SMILES string of the molecule is O=C(NCCOc1ccccc1)NCC1(c2ccc(F)cc2)CC1. The smallest absolute Gasteiger partial charge is 0.314 e. The molecule has 0 bridgehead atoms. The van der Waals surface area contributed by atoms with Crippen LogP contribution >= 0.6 is 0 Å². The Kier molecular flexibility index (Phi) is 4.99. The summed E-state index contributed by atoms with van der Waals surface area (Å²) in [5.41, 5.74) is 1.04. The number of hydrogen-bond acceptors (Lipinski definition) is 2. The molecule has 1 saturated carbocycles. The van der Waals surface area contributed by atoms with Crippen molar-refractivity contribution in [3.8, 4) is 5.75 Å². The Hall–Kier alpha value is -2.56. The third kappa shape index (κ3) is 4.25. The summed E-state index contributed by atoms with van der Waals surface area (Å²) in [6.07, 6.45) is 2.02. The predicted molar refractivity (Wildman–Crippen MR) is 90.7 cm³/mol. The molecule has 3 rings (SSSR count). The van der Waals surface area contributed by atoms with Crippen LogP contribution in [0.1, 0.15) is 18.4 Å². The maximum atomic E-state index is 13.0. The second-order valence-corrected chi connectivity index (χ2v) is 6.06. The standard InChI is InChI=1S/C19H21FN2O2/c20-16-8-6-15(7-9-16)19(10-11-19)14-22-18(23)21-12-13-24-17-4-2-1-3-5-17/h1-9H,10-14H2,(H2,21,22,23). The third-order valence-corrected chi connectivity index (χ3v) is 4.30. The molecule has 24 heavy (non-hydrogen) atoms. The molecular weight excluding hydrogens is 307 g/mol. The van der Waals surface area contributed by atoms with E-state index in [0.717, 1.165) is 24.2 Å². The zero-order valence-corrected chi connectivity index (χ0v) is 13.4. The summed E-state index contributed by atoms with van der Waals surface area (Å²) in [6, 6.07) is 15.8. The Morgan fingerprint density at radius 3 is 2.42 bits per heavy atom. The molecule has 5 heteroatoms. The zero-order chi connectivity index (χ0) is 16.8. The number of carbonyl (C=O) groups excluding carboxylic acids is 1. The van der Waals surface area contributed by atoms with Gasteiger partial charge in [-0.05, 0) is 42.7 Å². The van der Waals surface area contributed by atoms with Gasteiger partial charge in [-0.25, -0.2) is 9.18 Å². The average molecular weight is 328 g/mol. The molecule has 1 aliphatic carbocycles. The molecule has 2 N–H and O–H groups in total. The van der Waals surface area contributed by atoms with Crippen LogP contribution in [0, 0.1) is 5.82 Å². The van der Waals surface area contributed by atoms with Crippen molar-refractivity contribution in [3.63, 3.8) is 0 Å². The second-order valence-electron chi connectivity index (χ2n) is 6.06. The Labute approximate surface area is 141 Å². The molecule has 2 aromatic carbocycles. The minimum absolute atomic E-state index is 0.0361. The van der Waals surface area contributed by atoms with Gasteiger partial charge in [0.05, 0.1) is 6.54 Å². The lowest BCUT2D eigenvalue weighted by Gasteiger charge is -2.17. The Morgan fingerprint density at radius 1 is 1.04 bits per heavy atom. The lowest BCUT2D eigenvalue weighted by Crippen LogP contribution is -2.41. The van der Waals surface area contributed by atoms with Gasteiger partial charge >= 0.3 is 6.03 Å². The van der Waals surface area contributed by atoms with Gasteiger partial charge in [0.2, 0.25) is 0 Å². The molecule has 2 amide bonds. The van der Waals surface area contributed by atoms with Gasteiger partial charge < -0.3 is 15.4 Å². The zero-order valence-electron chi connectivity index (χ0n) is 13.4. The molecule has 4 nitrogen and oxygen atoms in total. The number of benzene rings is 2. The van der Waals surface area contributed by atoms with Crippen LogP contribution in [0.5, 0.6) is 5.75 Å². The fourth-order valence-electron chi connectivity index (χ4n) is 2.68. The van der Waals surface area contributed by atoms with Crippen LogP contribution in [0.3, 0.4) is 0 Å². The number of amides is 2. The number of rotatable bonds is 7. The molecule has 0 unspecified atom stereocenters. The van der Waals surface area contributed by atoms with Crippen molar-refractivity contribution in [2.24, 2.45) is 0 Å².